The van der Waals surface area contributed by atoms with Gasteiger partial charge in [0, 0.05) is 45.1 Å². The van der Waals surface area contributed by atoms with Crippen LogP contribution in [0.4, 0.5) is 5.69 Å². The molecule has 1 aliphatic heterocycles. The van der Waals surface area contributed by atoms with Crippen LogP contribution in [0, 0.1) is 0 Å². The third kappa shape index (κ3) is 4.68. The number of anilines is 1. The third-order valence-corrected chi connectivity index (χ3v) is 5.14. The maximum atomic E-state index is 12.6. The van der Waals surface area contributed by atoms with Crippen molar-refractivity contribution in [1.29, 1.82) is 0 Å². The summed E-state index contributed by atoms with van der Waals surface area (Å²) < 4.78 is 2.01. The van der Waals surface area contributed by atoms with Gasteiger partial charge in [0.2, 0.25) is 5.91 Å². The number of piperazine rings is 1. The van der Waals surface area contributed by atoms with Gasteiger partial charge in [-0.1, -0.05) is 42.5 Å². The Hall–Kier alpha value is -2.89. The first kappa shape index (κ1) is 18.5. The normalized spacial score (nSPS) is 15.4. The fourth-order valence-corrected chi connectivity index (χ4v) is 3.64. The maximum absolute atomic E-state index is 12.6. The summed E-state index contributed by atoms with van der Waals surface area (Å²) >= 11 is 0. The smallest absolute Gasteiger partial charge is 0.238 e. The lowest BCUT2D eigenvalue weighted by Gasteiger charge is -2.34. The van der Waals surface area contributed by atoms with Crippen molar-refractivity contribution in [2.24, 2.45) is 0 Å². The number of hydrogen-bond donors (Lipinski definition) is 1. The van der Waals surface area contributed by atoms with Gasteiger partial charge in [0.05, 0.1) is 17.9 Å². The molecule has 0 unspecified atom stereocenters. The van der Waals surface area contributed by atoms with Gasteiger partial charge in [-0.05, 0) is 29.8 Å². The molecule has 4 rings (SSSR count). The predicted molar refractivity (Wildman–Crippen MR) is 113 cm³/mol. The molecule has 2 heterocycles. The summed E-state index contributed by atoms with van der Waals surface area (Å²) in [6.07, 6.45) is 3.97. The van der Waals surface area contributed by atoms with Crippen molar-refractivity contribution < 1.29 is 4.79 Å². The second-order valence-corrected chi connectivity index (χ2v) is 7.19. The van der Waals surface area contributed by atoms with Crippen molar-refractivity contribution in [2.45, 2.75) is 6.54 Å². The fourth-order valence-electron chi connectivity index (χ4n) is 3.64. The van der Waals surface area contributed by atoms with Gasteiger partial charge < -0.3 is 9.88 Å². The Morgan fingerprint density at radius 3 is 2.18 bits per heavy atom. The van der Waals surface area contributed by atoms with Crippen LogP contribution in [0.5, 0.6) is 0 Å². The fraction of sp³-hybridized carbons (Fsp3) is 0.261. The van der Waals surface area contributed by atoms with E-state index in [0.717, 1.165) is 44.1 Å². The Kier molecular flexibility index (Phi) is 5.85. The van der Waals surface area contributed by atoms with Crippen LogP contribution in [0.15, 0.2) is 79.1 Å². The molecule has 1 N–H and O–H groups in total. The number of hydrogen-bond acceptors (Lipinski definition) is 3. The van der Waals surface area contributed by atoms with E-state index >= 15 is 0 Å². The average molecular weight is 374 g/mol. The average Bonchev–Trinajstić information content (AvgIpc) is 3.25. The lowest BCUT2D eigenvalue weighted by molar-refractivity contribution is -0.117. The van der Waals surface area contributed by atoms with Crippen LogP contribution < -0.4 is 5.32 Å². The zero-order valence-corrected chi connectivity index (χ0v) is 16.0. The zero-order chi connectivity index (χ0) is 19.2. The van der Waals surface area contributed by atoms with Crippen molar-refractivity contribution in [3.8, 4) is 5.69 Å². The predicted octanol–water partition coefficient (Wildman–Crippen LogP) is 3.23. The van der Waals surface area contributed by atoms with E-state index in [0.29, 0.717) is 6.54 Å². The molecule has 1 fully saturated rings. The number of nitrogens with zero attached hydrogens (tertiary/aromatic N) is 3. The van der Waals surface area contributed by atoms with Crippen LogP contribution in [0.25, 0.3) is 5.69 Å². The number of carbonyl (C=O) groups excluding carboxylic acids is 1. The number of nitrogens with one attached hydrogen (secondary N) is 1. The highest BCUT2D eigenvalue weighted by molar-refractivity contribution is 5.94. The van der Waals surface area contributed by atoms with Gasteiger partial charge >= 0.3 is 0 Å². The first-order valence-corrected chi connectivity index (χ1v) is 9.79. The summed E-state index contributed by atoms with van der Waals surface area (Å²) in [6.45, 7) is 5.22. The van der Waals surface area contributed by atoms with Crippen LogP contribution in [-0.2, 0) is 11.3 Å². The molecule has 1 aliphatic rings. The minimum Gasteiger partial charge on any atom is -0.323 e. The topological polar surface area (TPSA) is 40.5 Å². The van der Waals surface area contributed by atoms with Crippen molar-refractivity contribution in [2.75, 3.05) is 38.0 Å². The molecule has 1 saturated heterocycles. The zero-order valence-electron chi connectivity index (χ0n) is 16.0. The van der Waals surface area contributed by atoms with Gasteiger partial charge in [0.25, 0.3) is 0 Å². The van der Waals surface area contributed by atoms with Crippen molar-refractivity contribution in [1.82, 2.24) is 14.4 Å². The first-order chi connectivity index (χ1) is 13.8. The molecule has 3 aromatic rings. The van der Waals surface area contributed by atoms with Gasteiger partial charge in [-0.3, -0.25) is 14.6 Å². The quantitative estimate of drug-likeness (QED) is 0.720. The van der Waals surface area contributed by atoms with Gasteiger partial charge in [-0.2, -0.15) is 0 Å². The summed E-state index contributed by atoms with van der Waals surface area (Å²) in [6, 6.07) is 22.4. The molecule has 144 valence electrons. The number of benzene rings is 2. The summed E-state index contributed by atoms with van der Waals surface area (Å²) in [5.74, 6) is 0.0381. The molecule has 28 heavy (non-hydrogen) atoms. The number of carbonyl (C=O) groups is 1. The third-order valence-electron chi connectivity index (χ3n) is 5.14. The minimum atomic E-state index is 0.0381. The monoisotopic (exact) mass is 374 g/mol. The molecule has 0 radical (unpaired) electrons. The van der Waals surface area contributed by atoms with Gasteiger partial charge in [0.15, 0.2) is 0 Å². The lowest BCUT2D eigenvalue weighted by Crippen LogP contribution is -2.48. The van der Waals surface area contributed by atoms with Gasteiger partial charge in [-0.15, -0.1) is 0 Å². The molecular formula is C23H26N4O. The highest BCUT2D eigenvalue weighted by Gasteiger charge is 2.19. The van der Waals surface area contributed by atoms with E-state index in [1.165, 1.54) is 5.56 Å². The second-order valence-electron chi connectivity index (χ2n) is 7.19. The Bertz CT molecular complexity index is 884. The second kappa shape index (κ2) is 8.87. The number of aromatic nitrogens is 1. The molecule has 1 amide bonds. The molecule has 0 spiro atoms. The van der Waals surface area contributed by atoms with Crippen molar-refractivity contribution in [3.05, 3.63) is 84.7 Å². The lowest BCUT2D eigenvalue weighted by atomic mass is 10.2. The Morgan fingerprint density at radius 2 is 1.43 bits per heavy atom. The molecule has 1 aromatic heterocycles. The summed E-state index contributed by atoms with van der Waals surface area (Å²) in [5, 5.41) is 3.08. The maximum Gasteiger partial charge on any atom is 0.238 e. The summed E-state index contributed by atoms with van der Waals surface area (Å²) in [4.78, 5) is 17.3. The molecule has 0 aliphatic carbocycles. The number of rotatable bonds is 6. The van der Waals surface area contributed by atoms with Crippen LogP contribution in [0.1, 0.15) is 5.56 Å². The van der Waals surface area contributed by atoms with E-state index in [4.69, 9.17) is 0 Å². The van der Waals surface area contributed by atoms with E-state index in [2.05, 4.69) is 45.4 Å². The van der Waals surface area contributed by atoms with Crippen LogP contribution in [0.2, 0.25) is 0 Å². The molecule has 5 heteroatoms. The highest BCUT2D eigenvalue weighted by atomic mass is 16.2. The van der Waals surface area contributed by atoms with Gasteiger partial charge in [0.1, 0.15) is 0 Å². The standard InChI is InChI=1S/C23H26N4O/c28-23(24-21-10-4-5-11-22(21)27-12-6-7-13-27)19-26-16-14-25(15-17-26)18-20-8-2-1-3-9-20/h1-13H,14-19H2,(H,24,28). The van der Waals surface area contributed by atoms with Crippen molar-refractivity contribution in [3.63, 3.8) is 0 Å². The van der Waals surface area contributed by atoms with Crippen LogP contribution >= 0.6 is 0 Å². The van der Waals surface area contributed by atoms with Gasteiger partial charge in [-0.25, -0.2) is 0 Å². The van der Waals surface area contributed by atoms with E-state index in [1.54, 1.807) is 0 Å². The van der Waals surface area contributed by atoms with Crippen LogP contribution in [-0.4, -0.2) is 53.0 Å². The Labute approximate surface area is 166 Å². The first-order valence-electron chi connectivity index (χ1n) is 9.79. The minimum absolute atomic E-state index is 0.0381. The SMILES string of the molecule is O=C(CN1CCN(Cc2ccccc2)CC1)Nc1ccccc1-n1cccc1. The van der Waals surface area contributed by atoms with Crippen LogP contribution in [0.3, 0.4) is 0 Å². The Morgan fingerprint density at radius 1 is 0.786 bits per heavy atom. The molecule has 5 nitrogen and oxygen atoms in total. The van der Waals surface area contributed by atoms with E-state index in [9.17, 15) is 4.79 Å². The number of amides is 1. The van der Waals surface area contributed by atoms with E-state index in [1.807, 2.05) is 53.4 Å². The largest absolute Gasteiger partial charge is 0.323 e. The Balaban J connectivity index is 1.29. The van der Waals surface area contributed by atoms with E-state index in [-0.39, 0.29) is 5.91 Å². The molecule has 0 saturated carbocycles. The summed E-state index contributed by atoms with van der Waals surface area (Å²) in [5.41, 5.74) is 3.16. The molecule has 2 aromatic carbocycles. The highest BCUT2D eigenvalue weighted by Crippen LogP contribution is 2.20. The molecular weight excluding hydrogens is 348 g/mol. The number of para-hydroxylation sites is 2. The van der Waals surface area contributed by atoms with E-state index < -0.39 is 0 Å². The van der Waals surface area contributed by atoms with Crippen molar-refractivity contribution >= 4 is 11.6 Å². The summed E-state index contributed by atoms with van der Waals surface area (Å²) in [7, 11) is 0. The molecule has 0 bridgehead atoms. The molecule has 0 atom stereocenters.